The Bertz CT molecular complexity index is 1170. The fraction of sp³-hybridized carbons (Fsp3) is 0.346. The normalized spacial score (nSPS) is 15.2. The molecule has 0 N–H and O–H groups in total. The Balaban J connectivity index is 1.20. The van der Waals surface area contributed by atoms with E-state index in [-0.39, 0.29) is 30.3 Å². The van der Waals surface area contributed by atoms with Crippen molar-refractivity contribution in [2.75, 3.05) is 6.54 Å². The molecule has 0 fully saturated rings. The van der Waals surface area contributed by atoms with E-state index in [2.05, 4.69) is 11.2 Å². The van der Waals surface area contributed by atoms with E-state index < -0.39 is 0 Å². The molecule has 1 aliphatic heterocycles. The van der Waals surface area contributed by atoms with Crippen molar-refractivity contribution in [3.8, 4) is 11.3 Å². The van der Waals surface area contributed by atoms with Gasteiger partial charge in [0.05, 0.1) is 6.54 Å². The van der Waals surface area contributed by atoms with Crippen molar-refractivity contribution in [3.05, 3.63) is 76.2 Å². The number of benzene rings is 2. The lowest BCUT2D eigenvalue weighted by Crippen LogP contribution is -2.36. The van der Waals surface area contributed by atoms with Crippen LogP contribution in [0.15, 0.2) is 47.0 Å². The van der Waals surface area contributed by atoms with Crippen LogP contribution in [0.2, 0.25) is 0 Å². The molecular formula is C26H25FN2O3. The van der Waals surface area contributed by atoms with Gasteiger partial charge in [0.1, 0.15) is 11.5 Å². The minimum Gasteiger partial charge on any atom is -0.356 e. The van der Waals surface area contributed by atoms with Crippen molar-refractivity contribution >= 4 is 11.7 Å². The zero-order valence-electron chi connectivity index (χ0n) is 17.9. The number of rotatable bonds is 5. The average Bonchev–Trinajstić information content (AvgIpc) is 3.25. The van der Waals surface area contributed by atoms with Crippen molar-refractivity contribution in [2.45, 2.75) is 51.5 Å². The Labute approximate surface area is 186 Å². The van der Waals surface area contributed by atoms with Crippen molar-refractivity contribution in [3.63, 3.8) is 0 Å². The van der Waals surface area contributed by atoms with Crippen LogP contribution in [0.3, 0.4) is 0 Å². The molecule has 0 spiro atoms. The first-order valence-electron chi connectivity index (χ1n) is 11.2. The molecule has 2 aliphatic rings. The van der Waals surface area contributed by atoms with E-state index in [0.717, 1.165) is 29.7 Å². The van der Waals surface area contributed by atoms with Gasteiger partial charge in [0.25, 0.3) is 0 Å². The predicted molar refractivity (Wildman–Crippen MR) is 118 cm³/mol. The Morgan fingerprint density at radius 1 is 0.969 bits per heavy atom. The highest BCUT2D eigenvalue weighted by atomic mass is 19.1. The van der Waals surface area contributed by atoms with Crippen molar-refractivity contribution < 1.29 is 18.5 Å². The molecule has 6 heteroatoms. The second-order valence-electron chi connectivity index (χ2n) is 8.62. The summed E-state index contributed by atoms with van der Waals surface area (Å²) in [6.07, 6.45) is 5.52. The maximum atomic E-state index is 13.2. The maximum absolute atomic E-state index is 13.2. The van der Waals surface area contributed by atoms with E-state index in [4.69, 9.17) is 4.52 Å². The zero-order chi connectivity index (χ0) is 22.1. The van der Waals surface area contributed by atoms with E-state index in [1.165, 1.54) is 36.1 Å². The molecule has 0 radical (unpaired) electrons. The molecular weight excluding hydrogens is 407 g/mol. The van der Waals surface area contributed by atoms with Gasteiger partial charge in [0.15, 0.2) is 11.5 Å². The molecule has 2 heterocycles. The van der Waals surface area contributed by atoms with Crippen molar-refractivity contribution in [2.24, 2.45) is 0 Å². The lowest BCUT2D eigenvalue weighted by atomic mass is 9.89. The van der Waals surface area contributed by atoms with Crippen LogP contribution in [-0.4, -0.2) is 28.3 Å². The molecule has 3 aromatic rings. The third-order valence-corrected chi connectivity index (χ3v) is 6.54. The Hall–Kier alpha value is -3.28. The number of aromatic nitrogens is 1. The average molecular weight is 432 g/mol. The lowest BCUT2D eigenvalue weighted by Gasteiger charge is -2.26. The van der Waals surface area contributed by atoms with Gasteiger partial charge in [-0.25, -0.2) is 4.39 Å². The zero-order valence-corrected chi connectivity index (χ0v) is 17.9. The largest absolute Gasteiger partial charge is 0.356 e. The summed E-state index contributed by atoms with van der Waals surface area (Å²) in [5, 5.41) is 4.14. The quantitative estimate of drug-likeness (QED) is 0.538. The standard InChI is InChI=1S/C26H25FN2O3/c27-21-9-7-18(8-10-21)26-22-13-14-29(16-23(22)28-32-26)25(31)12-11-24(30)20-6-5-17-3-1-2-4-19(17)15-20/h5-10,15H,1-4,11-14,16H2. The second-order valence-corrected chi connectivity index (χ2v) is 8.62. The fourth-order valence-corrected chi connectivity index (χ4v) is 4.70. The summed E-state index contributed by atoms with van der Waals surface area (Å²) >= 11 is 0. The van der Waals surface area contributed by atoms with Gasteiger partial charge in [0, 0.05) is 36.1 Å². The van der Waals surface area contributed by atoms with E-state index in [9.17, 15) is 14.0 Å². The summed E-state index contributed by atoms with van der Waals surface area (Å²) < 4.78 is 18.7. The SMILES string of the molecule is O=C(CCC(=O)N1CCc2c(noc2-c2ccc(F)cc2)C1)c1ccc2c(c1)CCCC2. The van der Waals surface area contributed by atoms with Gasteiger partial charge in [-0.05, 0) is 73.6 Å². The van der Waals surface area contributed by atoms with Crippen LogP contribution < -0.4 is 0 Å². The first kappa shape index (κ1) is 20.6. The molecule has 0 bridgehead atoms. The van der Waals surface area contributed by atoms with Crippen LogP contribution in [0.25, 0.3) is 11.3 Å². The number of fused-ring (bicyclic) bond motifs is 2. The summed E-state index contributed by atoms with van der Waals surface area (Å²) in [7, 11) is 0. The Morgan fingerprint density at radius 3 is 2.56 bits per heavy atom. The number of ketones is 1. The van der Waals surface area contributed by atoms with Crippen LogP contribution in [-0.2, 0) is 30.6 Å². The highest BCUT2D eigenvalue weighted by molar-refractivity contribution is 5.98. The van der Waals surface area contributed by atoms with Crippen LogP contribution in [0.1, 0.15) is 58.4 Å². The summed E-state index contributed by atoms with van der Waals surface area (Å²) in [5.41, 5.74) is 5.80. The number of halogens is 1. The summed E-state index contributed by atoms with van der Waals surface area (Å²) in [6.45, 7) is 0.917. The first-order chi connectivity index (χ1) is 15.6. The summed E-state index contributed by atoms with van der Waals surface area (Å²) in [6, 6.07) is 12.1. The van der Waals surface area contributed by atoms with Gasteiger partial charge < -0.3 is 9.42 Å². The van der Waals surface area contributed by atoms with E-state index in [1.54, 1.807) is 17.0 Å². The molecule has 1 aliphatic carbocycles. The minimum absolute atomic E-state index is 0.0180. The molecule has 164 valence electrons. The van der Waals surface area contributed by atoms with E-state index >= 15 is 0 Å². The molecule has 1 amide bonds. The molecule has 5 rings (SSSR count). The Kier molecular flexibility index (Phi) is 5.60. The van der Waals surface area contributed by atoms with Crippen LogP contribution >= 0.6 is 0 Å². The summed E-state index contributed by atoms with van der Waals surface area (Å²) in [5.74, 6) is 0.302. The molecule has 32 heavy (non-hydrogen) atoms. The third kappa shape index (κ3) is 4.09. The molecule has 1 aromatic heterocycles. The van der Waals surface area contributed by atoms with Crippen molar-refractivity contribution in [1.29, 1.82) is 0 Å². The predicted octanol–water partition coefficient (Wildman–Crippen LogP) is 4.91. The van der Waals surface area contributed by atoms with Gasteiger partial charge in [-0.3, -0.25) is 9.59 Å². The number of carbonyl (C=O) groups is 2. The minimum atomic E-state index is -0.302. The highest BCUT2D eigenvalue weighted by Gasteiger charge is 2.27. The topological polar surface area (TPSA) is 63.4 Å². The van der Waals surface area contributed by atoms with Gasteiger partial charge in [-0.15, -0.1) is 0 Å². The fourth-order valence-electron chi connectivity index (χ4n) is 4.70. The van der Waals surface area contributed by atoms with Crippen LogP contribution in [0, 0.1) is 5.82 Å². The lowest BCUT2D eigenvalue weighted by molar-refractivity contribution is -0.132. The second kappa shape index (κ2) is 8.69. The Morgan fingerprint density at radius 2 is 1.75 bits per heavy atom. The number of hydrogen-bond acceptors (Lipinski definition) is 4. The monoisotopic (exact) mass is 432 g/mol. The van der Waals surface area contributed by atoms with Gasteiger partial charge >= 0.3 is 0 Å². The number of hydrogen-bond donors (Lipinski definition) is 0. The third-order valence-electron chi connectivity index (χ3n) is 6.54. The molecule has 0 saturated heterocycles. The van der Waals surface area contributed by atoms with Crippen LogP contribution in [0.4, 0.5) is 4.39 Å². The number of carbonyl (C=O) groups excluding carboxylic acids is 2. The van der Waals surface area contributed by atoms with Crippen LogP contribution in [0.5, 0.6) is 0 Å². The van der Waals surface area contributed by atoms with Gasteiger partial charge in [-0.1, -0.05) is 17.3 Å². The molecule has 5 nitrogen and oxygen atoms in total. The molecule has 0 atom stereocenters. The number of amides is 1. The first-order valence-corrected chi connectivity index (χ1v) is 11.2. The smallest absolute Gasteiger partial charge is 0.223 e. The number of Topliss-reactive ketones (excluding diaryl/α,β-unsaturated/α-hetero) is 1. The van der Waals surface area contributed by atoms with Crippen molar-refractivity contribution in [1.82, 2.24) is 10.1 Å². The molecule has 2 aromatic carbocycles. The number of nitrogens with zero attached hydrogens (tertiary/aromatic N) is 2. The van der Waals surface area contributed by atoms with Gasteiger partial charge in [-0.2, -0.15) is 0 Å². The highest BCUT2D eigenvalue weighted by Crippen LogP contribution is 2.31. The van der Waals surface area contributed by atoms with E-state index in [0.29, 0.717) is 30.8 Å². The maximum Gasteiger partial charge on any atom is 0.223 e. The van der Waals surface area contributed by atoms with Gasteiger partial charge in [0.2, 0.25) is 5.91 Å². The molecule has 0 unspecified atom stereocenters. The van der Waals surface area contributed by atoms with E-state index in [1.807, 2.05) is 12.1 Å². The number of aryl methyl sites for hydroxylation is 2. The molecule has 0 saturated carbocycles. The summed E-state index contributed by atoms with van der Waals surface area (Å²) in [4.78, 5) is 27.2.